The molecule has 0 amide bonds. The molecule has 0 aliphatic rings. The number of nitro benzene ring substituents is 1. The average Bonchev–Trinajstić information content (AvgIpc) is 2.30. The van der Waals surface area contributed by atoms with Gasteiger partial charge < -0.3 is 4.52 Å². The SMILES string of the molecule is CCOP(=S)(OCC)Oc1ccc([N+](=O)[O-])cc1.[Na+].[Na+].[Na+]. The summed E-state index contributed by atoms with van der Waals surface area (Å²) >= 11 is 5.18. The second kappa shape index (κ2) is 14.3. The smallest absolute Gasteiger partial charge is 0.424 e. The van der Waals surface area contributed by atoms with Crippen molar-refractivity contribution in [3.63, 3.8) is 0 Å². The molecular formula is C10H14NNa3O5PS+3. The largest absolute Gasteiger partial charge is 1.00 e. The molecule has 0 radical (unpaired) electrons. The Hall–Kier alpha value is 1.99. The van der Waals surface area contributed by atoms with E-state index in [2.05, 4.69) is 0 Å². The average molecular weight is 360 g/mol. The van der Waals surface area contributed by atoms with Crippen LogP contribution in [0.5, 0.6) is 5.75 Å². The van der Waals surface area contributed by atoms with Gasteiger partial charge in [0.15, 0.2) is 0 Å². The Morgan fingerprint density at radius 2 is 1.52 bits per heavy atom. The summed E-state index contributed by atoms with van der Waals surface area (Å²) in [6, 6.07) is 5.62. The number of rotatable bonds is 7. The van der Waals surface area contributed by atoms with Crippen molar-refractivity contribution in [3.05, 3.63) is 34.4 Å². The quantitative estimate of drug-likeness (QED) is 0.209. The summed E-state index contributed by atoms with van der Waals surface area (Å²) in [5.41, 5.74) is -0.0107. The van der Waals surface area contributed by atoms with E-state index in [1.807, 2.05) is 0 Å². The van der Waals surface area contributed by atoms with Crippen LogP contribution < -0.4 is 93.2 Å². The third-order valence-electron chi connectivity index (χ3n) is 1.84. The molecule has 0 N–H and O–H groups in total. The molecule has 1 rings (SSSR count). The first-order valence-electron chi connectivity index (χ1n) is 5.34. The van der Waals surface area contributed by atoms with Gasteiger partial charge in [0.25, 0.3) is 5.69 Å². The van der Waals surface area contributed by atoms with Gasteiger partial charge in [-0.3, -0.25) is 19.2 Å². The first-order valence-corrected chi connectivity index (χ1v) is 7.89. The van der Waals surface area contributed by atoms with Crippen LogP contribution >= 0.6 is 6.72 Å². The Morgan fingerprint density at radius 1 is 1.10 bits per heavy atom. The van der Waals surface area contributed by atoms with E-state index in [0.717, 1.165) is 0 Å². The van der Waals surface area contributed by atoms with Gasteiger partial charge in [0, 0.05) is 23.9 Å². The van der Waals surface area contributed by atoms with E-state index in [0.29, 0.717) is 19.0 Å². The predicted octanol–water partition coefficient (Wildman–Crippen LogP) is -5.72. The van der Waals surface area contributed by atoms with Crippen LogP contribution in [-0.4, -0.2) is 18.1 Å². The Morgan fingerprint density at radius 3 is 1.86 bits per heavy atom. The van der Waals surface area contributed by atoms with Gasteiger partial charge in [-0.25, -0.2) is 0 Å². The van der Waals surface area contributed by atoms with Crippen LogP contribution in [0.15, 0.2) is 24.3 Å². The van der Waals surface area contributed by atoms with Crippen molar-refractivity contribution >= 4 is 24.2 Å². The summed E-state index contributed by atoms with van der Waals surface area (Å²) in [5.74, 6) is 0.394. The fourth-order valence-electron chi connectivity index (χ4n) is 1.16. The van der Waals surface area contributed by atoms with Crippen LogP contribution in [0.25, 0.3) is 0 Å². The molecular weight excluding hydrogens is 346 g/mol. The van der Waals surface area contributed by atoms with Crippen LogP contribution in [0, 0.1) is 10.1 Å². The molecule has 1 aromatic carbocycles. The van der Waals surface area contributed by atoms with Gasteiger partial charge in [0.2, 0.25) is 0 Å². The van der Waals surface area contributed by atoms with E-state index in [9.17, 15) is 10.1 Å². The van der Waals surface area contributed by atoms with Crippen LogP contribution in [-0.2, 0) is 20.9 Å². The van der Waals surface area contributed by atoms with Gasteiger partial charge in [-0.1, -0.05) is 0 Å². The summed E-state index contributed by atoms with van der Waals surface area (Å²) in [4.78, 5) is 10.0. The van der Waals surface area contributed by atoms with Crippen molar-refractivity contribution < 1.29 is 107 Å². The van der Waals surface area contributed by atoms with Gasteiger partial charge in [-0.05, 0) is 26.0 Å². The Bertz CT molecular complexity index is 453. The maximum absolute atomic E-state index is 10.5. The van der Waals surface area contributed by atoms with Gasteiger partial charge in [-0.15, -0.1) is 0 Å². The predicted molar refractivity (Wildman–Crippen MR) is 71.3 cm³/mol. The van der Waals surface area contributed by atoms with Gasteiger partial charge in [0.05, 0.1) is 18.1 Å². The molecule has 1 aromatic rings. The molecule has 0 saturated carbocycles. The molecule has 0 fully saturated rings. The third-order valence-corrected chi connectivity index (χ3v) is 4.28. The normalized spacial score (nSPS) is 9.62. The molecule has 0 saturated heterocycles. The van der Waals surface area contributed by atoms with Crippen LogP contribution in [0.2, 0.25) is 0 Å². The van der Waals surface area contributed by atoms with E-state index in [-0.39, 0.29) is 94.4 Å². The maximum Gasteiger partial charge on any atom is 1.00 e. The van der Waals surface area contributed by atoms with Crippen LogP contribution in [0.4, 0.5) is 5.69 Å². The molecule has 0 bridgehead atoms. The van der Waals surface area contributed by atoms with Crippen LogP contribution in [0.3, 0.4) is 0 Å². The minimum absolute atomic E-state index is 0. The summed E-state index contributed by atoms with van der Waals surface area (Å²) < 4.78 is 16.1. The molecule has 0 aromatic heterocycles. The molecule has 0 atom stereocenters. The van der Waals surface area contributed by atoms with Gasteiger partial charge >= 0.3 is 95.4 Å². The molecule has 6 nitrogen and oxygen atoms in total. The fraction of sp³-hybridized carbons (Fsp3) is 0.400. The van der Waals surface area contributed by atoms with E-state index in [1.165, 1.54) is 24.3 Å². The zero-order valence-electron chi connectivity index (χ0n) is 13.1. The molecule has 21 heavy (non-hydrogen) atoms. The van der Waals surface area contributed by atoms with Crippen molar-refractivity contribution in [2.45, 2.75) is 13.8 Å². The summed E-state index contributed by atoms with van der Waals surface area (Å²) in [5, 5.41) is 10.5. The van der Waals surface area contributed by atoms with Crippen molar-refractivity contribution in [1.29, 1.82) is 0 Å². The third kappa shape index (κ3) is 10.5. The monoisotopic (exact) mass is 360 g/mol. The Labute approximate surface area is 196 Å². The second-order valence-corrected chi connectivity index (χ2v) is 6.06. The molecule has 0 aliphatic heterocycles. The van der Waals surface area contributed by atoms with E-state index >= 15 is 0 Å². The maximum atomic E-state index is 10.5. The number of nitro groups is 1. The number of nitrogens with zero attached hydrogens (tertiary/aromatic N) is 1. The number of hydrogen-bond acceptors (Lipinski definition) is 6. The van der Waals surface area contributed by atoms with E-state index in [4.69, 9.17) is 25.4 Å². The molecule has 0 heterocycles. The summed E-state index contributed by atoms with van der Waals surface area (Å²) in [6.07, 6.45) is 0. The number of hydrogen-bond donors (Lipinski definition) is 0. The molecule has 0 unspecified atom stereocenters. The summed E-state index contributed by atoms with van der Waals surface area (Å²) in [6.45, 7) is 1.52. The second-order valence-electron chi connectivity index (χ2n) is 3.13. The Kier molecular flexibility index (Phi) is 19.0. The molecule has 100 valence electrons. The van der Waals surface area contributed by atoms with Crippen molar-refractivity contribution in [3.8, 4) is 5.75 Å². The first kappa shape index (κ1) is 27.8. The zero-order valence-corrected chi connectivity index (χ0v) is 20.8. The van der Waals surface area contributed by atoms with Gasteiger partial charge in [-0.2, -0.15) is 0 Å². The van der Waals surface area contributed by atoms with Crippen molar-refractivity contribution in [1.82, 2.24) is 0 Å². The van der Waals surface area contributed by atoms with Crippen molar-refractivity contribution in [2.24, 2.45) is 0 Å². The molecule has 0 spiro atoms. The molecule has 11 heteroatoms. The number of benzene rings is 1. The van der Waals surface area contributed by atoms with Gasteiger partial charge in [0.1, 0.15) is 5.75 Å². The fourth-order valence-corrected chi connectivity index (χ4v) is 3.25. The minimum Gasteiger partial charge on any atom is -0.424 e. The first-order chi connectivity index (χ1) is 8.50. The zero-order chi connectivity index (χ0) is 13.6. The molecule has 0 aliphatic carbocycles. The van der Waals surface area contributed by atoms with E-state index in [1.54, 1.807) is 13.8 Å². The van der Waals surface area contributed by atoms with Crippen molar-refractivity contribution in [2.75, 3.05) is 13.2 Å². The summed E-state index contributed by atoms with van der Waals surface area (Å²) in [7, 11) is 0. The topological polar surface area (TPSA) is 70.8 Å². The van der Waals surface area contributed by atoms with Crippen LogP contribution in [0.1, 0.15) is 13.8 Å². The standard InChI is InChI=1S/C10H14NO5PS.3Na/c1-3-14-17(18,15-4-2)16-10-7-5-9(6-8-10)11(12)13;;;/h5-8H,3-4H2,1-2H3;;;/q;3*+1. The Balaban J connectivity index is -0.00000108. The minimum atomic E-state index is -2.82. The van der Waals surface area contributed by atoms with E-state index < -0.39 is 11.6 Å². The number of non-ortho nitro benzene ring substituents is 1.